The van der Waals surface area contributed by atoms with Crippen LogP contribution >= 0.6 is 0 Å². The molecule has 2 N–H and O–H groups in total. The molecule has 152 valence electrons. The first-order valence-corrected chi connectivity index (χ1v) is 11.2. The summed E-state index contributed by atoms with van der Waals surface area (Å²) in [6.07, 6.45) is 4.76. The highest BCUT2D eigenvalue weighted by molar-refractivity contribution is 7.90. The number of rotatable bonds is 6. The van der Waals surface area contributed by atoms with Crippen LogP contribution < -0.4 is 14.8 Å². The van der Waals surface area contributed by atoms with Gasteiger partial charge in [-0.3, -0.25) is 14.5 Å². The smallest absolute Gasteiger partial charge is 0.262 e. The van der Waals surface area contributed by atoms with E-state index in [0.29, 0.717) is 30.2 Å². The lowest BCUT2D eigenvalue weighted by atomic mass is 10.1. The highest BCUT2D eigenvalue weighted by Crippen LogP contribution is 2.26. The molecule has 0 radical (unpaired) electrons. The van der Waals surface area contributed by atoms with Crippen LogP contribution in [-0.2, 0) is 27.7 Å². The number of hydrogen-bond donors (Lipinski definition) is 2. The van der Waals surface area contributed by atoms with Crippen LogP contribution in [0.1, 0.15) is 30.4 Å². The van der Waals surface area contributed by atoms with Gasteiger partial charge in [0.15, 0.2) is 6.61 Å². The molecule has 29 heavy (non-hydrogen) atoms. The Morgan fingerprint density at radius 2 is 1.90 bits per heavy atom. The molecule has 4 rings (SSSR count). The maximum absolute atomic E-state index is 12.5. The Labute approximate surface area is 170 Å². The normalized spacial score (nSPS) is 15.5. The van der Waals surface area contributed by atoms with Crippen molar-refractivity contribution in [2.24, 2.45) is 4.99 Å². The molecule has 0 spiro atoms. The van der Waals surface area contributed by atoms with E-state index in [-0.39, 0.29) is 17.4 Å². The molecule has 0 saturated heterocycles. The molecular formula is C21H23N3O4S. The van der Waals surface area contributed by atoms with Gasteiger partial charge in [-0.25, -0.2) is 8.42 Å². The van der Waals surface area contributed by atoms with Crippen molar-refractivity contribution < 1.29 is 17.9 Å². The summed E-state index contributed by atoms with van der Waals surface area (Å²) in [6, 6.07) is 12.0. The average molecular weight is 413 g/mol. The Morgan fingerprint density at radius 1 is 1.03 bits per heavy atom. The molecule has 1 amide bonds. The predicted octanol–water partition coefficient (Wildman–Crippen LogP) is 2.66. The SMILES string of the molecule is O=C(COc1ccc2c(c1)CCC2)Nc1cccc(S(=O)(=O)NC2=NCCC2)c1. The fourth-order valence-corrected chi connectivity index (χ4v) is 4.70. The lowest BCUT2D eigenvalue weighted by Crippen LogP contribution is -2.29. The average Bonchev–Trinajstić information content (AvgIpc) is 3.37. The van der Waals surface area contributed by atoms with Crippen LogP contribution in [0.25, 0.3) is 0 Å². The van der Waals surface area contributed by atoms with Crippen molar-refractivity contribution in [3.05, 3.63) is 53.6 Å². The number of benzene rings is 2. The minimum atomic E-state index is -3.73. The number of carbonyl (C=O) groups excluding carboxylic acids is 1. The number of aryl methyl sites for hydroxylation is 2. The number of amides is 1. The van der Waals surface area contributed by atoms with Gasteiger partial charge in [0.05, 0.1) is 4.90 Å². The Hall–Kier alpha value is -2.87. The second-order valence-electron chi connectivity index (χ2n) is 7.19. The zero-order chi connectivity index (χ0) is 20.3. The van der Waals surface area contributed by atoms with Gasteiger partial charge in [0.2, 0.25) is 0 Å². The summed E-state index contributed by atoms with van der Waals surface area (Å²) >= 11 is 0. The lowest BCUT2D eigenvalue weighted by molar-refractivity contribution is -0.118. The molecule has 2 aromatic rings. The molecule has 0 aromatic heterocycles. The summed E-state index contributed by atoms with van der Waals surface area (Å²) in [5, 5.41) is 2.68. The molecule has 1 heterocycles. The van der Waals surface area contributed by atoms with Crippen molar-refractivity contribution in [1.29, 1.82) is 0 Å². The molecule has 2 aliphatic rings. The third kappa shape index (κ3) is 4.76. The first-order valence-electron chi connectivity index (χ1n) is 9.70. The van der Waals surface area contributed by atoms with Gasteiger partial charge in [0.25, 0.3) is 15.9 Å². The van der Waals surface area contributed by atoms with Gasteiger partial charge in [-0.05, 0) is 67.1 Å². The maximum Gasteiger partial charge on any atom is 0.262 e. The summed E-state index contributed by atoms with van der Waals surface area (Å²) in [5.41, 5.74) is 3.01. The third-order valence-corrected chi connectivity index (χ3v) is 6.37. The van der Waals surface area contributed by atoms with E-state index >= 15 is 0 Å². The number of anilines is 1. The number of ether oxygens (including phenoxy) is 1. The number of amidine groups is 1. The largest absolute Gasteiger partial charge is 0.484 e. The highest BCUT2D eigenvalue weighted by Gasteiger charge is 2.19. The van der Waals surface area contributed by atoms with E-state index in [2.05, 4.69) is 15.0 Å². The summed E-state index contributed by atoms with van der Waals surface area (Å²) in [7, 11) is -3.73. The van der Waals surface area contributed by atoms with Gasteiger partial charge in [-0.15, -0.1) is 0 Å². The van der Waals surface area contributed by atoms with E-state index in [0.717, 1.165) is 25.7 Å². The van der Waals surface area contributed by atoms with Crippen molar-refractivity contribution in [3.8, 4) is 5.75 Å². The molecule has 7 nitrogen and oxygen atoms in total. The number of hydrogen-bond acceptors (Lipinski definition) is 5. The fraction of sp³-hybridized carbons (Fsp3) is 0.333. The van der Waals surface area contributed by atoms with Crippen LogP contribution in [0.2, 0.25) is 0 Å². The third-order valence-electron chi connectivity index (χ3n) is 4.99. The van der Waals surface area contributed by atoms with Crippen LogP contribution in [0, 0.1) is 0 Å². The Bertz CT molecular complexity index is 1060. The van der Waals surface area contributed by atoms with E-state index in [1.807, 2.05) is 18.2 Å². The van der Waals surface area contributed by atoms with E-state index in [9.17, 15) is 13.2 Å². The van der Waals surface area contributed by atoms with Gasteiger partial charge < -0.3 is 10.1 Å². The van der Waals surface area contributed by atoms with E-state index in [1.165, 1.54) is 23.3 Å². The minimum absolute atomic E-state index is 0.0736. The van der Waals surface area contributed by atoms with Gasteiger partial charge in [0.1, 0.15) is 11.6 Å². The van der Waals surface area contributed by atoms with Crippen molar-refractivity contribution in [1.82, 2.24) is 4.72 Å². The summed E-state index contributed by atoms with van der Waals surface area (Å²) in [5.74, 6) is 0.786. The van der Waals surface area contributed by atoms with Crippen LogP contribution in [0.15, 0.2) is 52.4 Å². The predicted molar refractivity (Wildman–Crippen MR) is 111 cm³/mol. The molecule has 1 aliphatic heterocycles. The maximum atomic E-state index is 12.5. The van der Waals surface area contributed by atoms with Crippen molar-refractivity contribution in [3.63, 3.8) is 0 Å². The zero-order valence-electron chi connectivity index (χ0n) is 16.0. The fourth-order valence-electron chi connectivity index (χ4n) is 3.56. The van der Waals surface area contributed by atoms with Crippen LogP contribution in [-0.4, -0.2) is 33.3 Å². The first kappa shape index (κ1) is 19.4. The Morgan fingerprint density at radius 3 is 2.72 bits per heavy atom. The lowest BCUT2D eigenvalue weighted by Gasteiger charge is -2.11. The van der Waals surface area contributed by atoms with Gasteiger partial charge in [-0.2, -0.15) is 0 Å². The number of carbonyl (C=O) groups is 1. The molecule has 0 atom stereocenters. The first-order chi connectivity index (χ1) is 14.0. The second kappa shape index (κ2) is 8.24. The Balaban J connectivity index is 1.36. The molecule has 0 unspecified atom stereocenters. The molecular weight excluding hydrogens is 390 g/mol. The molecule has 0 bridgehead atoms. The highest BCUT2D eigenvalue weighted by atomic mass is 32.2. The van der Waals surface area contributed by atoms with Crippen LogP contribution in [0.3, 0.4) is 0 Å². The molecule has 8 heteroatoms. The summed E-state index contributed by atoms with van der Waals surface area (Å²) in [6.45, 7) is 0.489. The number of sulfonamides is 1. The minimum Gasteiger partial charge on any atom is -0.484 e. The van der Waals surface area contributed by atoms with Gasteiger partial charge in [0, 0.05) is 18.7 Å². The van der Waals surface area contributed by atoms with Crippen LogP contribution in [0.4, 0.5) is 5.69 Å². The summed E-state index contributed by atoms with van der Waals surface area (Å²) in [4.78, 5) is 16.4. The topological polar surface area (TPSA) is 96.9 Å². The zero-order valence-corrected chi connectivity index (χ0v) is 16.8. The summed E-state index contributed by atoms with van der Waals surface area (Å²) < 4.78 is 33.1. The number of fused-ring (bicyclic) bond motifs is 1. The van der Waals surface area contributed by atoms with E-state index in [4.69, 9.17) is 4.74 Å². The second-order valence-corrected chi connectivity index (χ2v) is 8.87. The van der Waals surface area contributed by atoms with Crippen LogP contribution in [0.5, 0.6) is 5.75 Å². The molecule has 0 saturated carbocycles. The van der Waals surface area contributed by atoms with E-state index < -0.39 is 10.0 Å². The number of nitrogens with zero attached hydrogens (tertiary/aromatic N) is 1. The number of aliphatic imine (C=N–C) groups is 1. The van der Waals surface area contributed by atoms with Crippen molar-refractivity contribution in [2.45, 2.75) is 37.0 Å². The molecule has 1 aliphatic carbocycles. The standard InChI is InChI=1S/C21H23N3O4S/c25-21(14-28-18-10-9-15-4-1-5-16(15)12-18)23-17-6-2-7-19(13-17)29(26,27)24-20-8-3-11-22-20/h2,6-7,9-10,12-13H,1,3-5,8,11,14H2,(H,22,24)(H,23,25). The van der Waals surface area contributed by atoms with Gasteiger partial charge >= 0.3 is 0 Å². The van der Waals surface area contributed by atoms with Gasteiger partial charge in [-0.1, -0.05) is 12.1 Å². The molecule has 0 fully saturated rings. The van der Waals surface area contributed by atoms with E-state index in [1.54, 1.807) is 12.1 Å². The Kier molecular flexibility index (Phi) is 5.53. The van der Waals surface area contributed by atoms with Crippen molar-refractivity contribution >= 4 is 27.5 Å². The molecule has 2 aromatic carbocycles. The quantitative estimate of drug-likeness (QED) is 0.761. The number of nitrogens with one attached hydrogen (secondary N) is 2. The monoisotopic (exact) mass is 413 g/mol. The van der Waals surface area contributed by atoms with Crippen molar-refractivity contribution in [2.75, 3.05) is 18.5 Å².